The Morgan fingerprint density at radius 1 is 0.875 bits per heavy atom. The fourth-order valence-corrected chi connectivity index (χ4v) is 1.59. The first-order chi connectivity index (χ1) is 11.7. The van der Waals surface area contributed by atoms with E-state index in [0.29, 0.717) is 0 Å². The molecule has 2 heteroatoms. The van der Waals surface area contributed by atoms with Gasteiger partial charge >= 0.3 is 0 Å². The molecule has 0 spiro atoms. The van der Waals surface area contributed by atoms with Crippen LogP contribution in [0.4, 0.5) is 5.69 Å². The molecule has 2 rings (SSSR count). The minimum Gasteiger partial charge on any atom is -0.269 e. The minimum absolute atomic E-state index is 1.05. The minimum atomic E-state index is 1.05. The van der Waals surface area contributed by atoms with Crippen molar-refractivity contribution in [2.45, 2.75) is 41.5 Å². The summed E-state index contributed by atoms with van der Waals surface area (Å²) in [6.07, 6.45) is 2.12. The van der Waals surface area contributed by atoms with E-state index in [1.165, 1.54) is 11.1 Å². The molecule has 0 saturated heterocycles. The Hall–Kier alpha value is -2.35. The highest BCUT2D eigenvalue weighted by molar-refractivity contribution is 5.62. The normalized spacial score (nSPS) is 9.04. The SMILES string of the molecule is C/C=C(/C)c1ccccc1.C=NN(C)c1ccccc1.CC.CC. The standard InChI is InChI=1S/C10H12.C8H10N2.2C2H6/c1-3-9(2)10-7-5-4-6-8-10;1-9-10(2)8-6-4-3-5-7-8;2*1-2/h3-8H,1-2H3;3-7H,1H2,2H3;2*1-2H3/b9-3-;;;. The van der Waals surface area contributed by atoms with Gasteiger partial charge in [0.2, 0.25) is 0 Å². The van der Waals surface area contributed by atoms with Crippen molar-refractivity contribution in [1.29, 1.82) is 0 Å². The number of para-hydroxylation sites is 1. The second-order valence-electron chi connectivity index (χ2n) is 4.34. The van der Waals surface area contributed by atoms with Gasteiger partial charge in [0.25, 0.3) is 0 Å². The summed E-state index contributed by atoms with van der Waals surface area (Å²) in [7, 11) is 1.86. The Morgan fingerprint density at radius 3 is 1.67 bits per heavy atom. The van der Waals surface area contributed by atoms with Crippen LogP contribution < -0.4 is 5.01 Å². The van der Waals surface area contributed by atoms with Gasteiger partial charge in [0.15, 0.2) is 0 Å². The number of anilines is 1. The molecule has 2 nitrogen and oxygen atoms in total. The first kappa shape index (κ1) is 23.9. The van der Waals surface area contributed by atoms with Crippen LogP contribution in [-0.4, -0.2) is 13.8 Å². The lowest BCUT2D eigenvalue weighted by Gasteiger charge is -2.10. The highest BCUT2D eigenvalue weighted by atomic mass is 15.4. The summed E-state index contributed by atoms with van der Waals surface area (Å²) in [4.78, 5) is 0. The van der Waals surface area contributed by atoms with Gasteiger partial charge in [-0.3, -0.25) is 5.01 Å². The van der Waals surface area contributed by atoms with Crippen molar-refractivity contribution in [1.82, 2.24) is 0 Å². The molecule has 0 saturated carbocycles. The summed E-state index contributed by atoms with van der Waals surface area (Å²) < 4.78 is 0. The summed E-state index contributed by atoms with van der Waals surface area (Å²) in [5.41, 5.74) is 3.70. The van der Waals surface area contributed by atoms with E-state index in [4.69, 9.17) is 0 Å². The maximum atomic E-state index is 3.74. The lowest BCUT2D eigenvalue weighted by molar-refractivity contribution is 1.03. The Bertz CT molecular complexity index is 530. The molecule has 132 valence electrons. The molecule has 0 heterocycles. The Kier molecular flexibility index (Phi) is 16.9. The molecule has 0 aliphatic carbocycles. The first-order valence-electron chi connectivity index (χ1n) is 8.62. The van der Waals surface area contributed by atoms with Crippen molar-refractivity contribution in [3.8, 4) is 0 Å². The van der Waals surface area contributed by atoms with E-state index in [9.17, 15) is 0 Å². The number of hydrogen-bond donors (Lipinski definition) is 0. The van der Waals surface area contributed by atoms with Crippen molar-refractivity contribution in [3.05, 3.63) is 72.3 Å². The van der Waals surface area contributed by atoms with Gasteiger partial charge in [0, 0.05) is 13.8 Å². The van der Waals surface area contributed by atoms with E-state index < -0.39 is 0 Å². The summed E-state index contributed by atoms with van der Waals surface area (Å²) in [6.45, 7) is 15.6. The zero-order valence-corrected chi connectivity index (χ0v) is 16.5. The quantitative estimate of drug-likeness (QED) is 0.442. The predicted molar refractivity (Wildman–Crippen MR) is 113 cm³/mol. The smallest absolute Gasteiger partial charge is 0.0590 e. The van der Waals surface area contributed by atoms with Gasteiger partial charge in [-0.05, 0) is 37.1 Å². The molecule has 0 fully saturated rings. The van der Waals surface area contributed by atoms with E-state index >= 15 is 0 Å². The fourth-order valence-electron chi connectivity index (χ4n) is 1.59. The van der Waals surface area contributed by atoms with E-state index in [1.54, 1.807) is 5.01 Å². The van der Waals surface area contributed by atoms with Crippen LogP contribution in [0.1, 0.15) is 47.1 Å². The molecule has 24 heavy (non-hydrogen) atoms. The molecule has 0 N–H and O–H groups in total. The van der Waals surface area contributed by atoms with E-state index in [2.05, 4.69) is 56.0 Å². The largest absolute Gasteiger partial charge is 0.269 e. The monoisotopic (exact) mass is 326 g/mol. The van der Waals surface area contributed by atoms with Crippen LogP contribution in [0.5, 0.6) is 0 Å². The molecular weight excluding hydrogens is 292 g/mol. The second kappa shape index (κ2) is 17.0. The highest BCUT2D eigenvalue weighted by Gasteiger charge is 1.91. The molecule has 0 unspecified atom stereocenters. The van der Waals surface area contributed by atoms with Crippen molar-refractivity contribution in [2.24, 2.45) is 5.10 Å². The van der Waals surface area contributed by atoms with Crippen molar-refractivity contribution in [3.63, 3.8) is 0 Å². The lowest BCUT2D eigenvalue weighted by atomic mass is 10.1. The fraction of sp³-hybridized carbons (Fsp3) is 0.318. The van der Waals surface area contributed by atoms with E-state index in [1.807, 2.05) is 71.1 Å². The molecule has 0 aliphatic rings. The maximum absolute atomic E-state index is 3.74. The average Bonchev–Trinajstić information content (AvgIpc) is 2.71. The van der Waals surface area contributed by atoms with E-state index in [0.717, 1.165) is 5.69 Å². The van der Waals surface area contributed by atoms with Gasteiger partial charge in [-0.25, -0.2) is 0 Å². The summed E-state index contributed by atoms with van der Waals surface area (Å²) in [5.74, 6) is 0. The van der Waals surface area contributed by atoms with Gasteiger partial charge < -0.3 is 0 Å². The van der Waals surface area contributed by atoms with Gasteiger partial charge in [0.05, 0.1) is 5.69 Å². The van der Waals surface area contributed by atoms with Crippen LogP contribution in [0.25, 0.3) is 5.57 Å². The molecule has 0 bridgehead atoms. The Balaban J connectivity index is 0. The zero-order chi connectivity index (χ0) is 18.8. The van der Waals surface area contributed by atoms with Crippen molar-refractivity contribution in [2.75, 3.05) is 12.1 Å². The molecule has 2 aromatic carbocycles. The van der Waals surface area contributed by atoms with Crippen molar-refractivity contribution < 1.29 is 0 Å². The van der Waals surface area contributed by atoms with Gasteiger partial charge in [-0.15, -0.1) is 0 Å². The van der Waals surface area contributed by atoms with Crippen LogP contribution in [-0.2, 0) is 0 Å². The highest BCUT2D eigenvalue weighted by Crippen LogP contribution is 2.11. The van der Waals surface area contributed by atoms with Gasteiger partial charge in [-0.1, -0.05) is 82.3 Å². The molecule has 0 aromatic heterocycles. The van der Waals surface area contributed by atoms with E-state index in [-0.39, 0.29) is 0 Å². The van der Waals surface area contributed by atoms with Crippen molar-refractivity contribution >= 4 is 18.0 Å². The number of allylic oxidation sites excluding steroid dienone is 2. The maximum Gasteiger partial charge on any atom is 0.0590 e. The second-order valence-corrected chi connectivity index (χ2v) is 4.34. The molecule has 0 amide bonds. The van der Waals surface area contributed by atoms with Crippen LogP contribution in [0.2, 0.25) is 0 Å². The predicted octanol–water partition coefficient (Wildman–Crippen LogP) is 6.90. The van der Waals surface area contributed by atoms with Crippen LogP contribution in [0, 0.1) is 0 Å². The van der Waals surface area contributed by atoms with Crippen LogP contribution in [0.3, 0.4) is 0 Å². The molecule has 2 aromatic rings. The number of rotatable bonds is 3. The Labute approximate surface area is 149 Å². The summed E-state index contributed by atoms with van der Waals surface area (Å²) >= 11 is 0. The third-order valence-corrected chi connectivity index (χ3v) is 3.00. The number of benzene rings is 2. The molecule has 0 radical (unpaired) electrons. The van der Waals surface area contributed by atoms with Gasteiger partial charge in [0.1, 0.15) is 0 Å². The van der Waals surface area contributed by atoms with Crippen LogP contribution in [0.15, 0.2) is 71.8 Å². The third kappa shape index (κ3) is 10.4. The summed E-state index contributed by atoms with van der Waals surface area (Å²) in [5, 5.41) is 5.46. The van der Waals surface area contributed by atoms with Crippen LogP contribution >= 0.6 is 0 Å². The lowest BCUT2D eigenvalue weighted by Crippen LogP contribution is -2.06. The number of hydrazone groups is 1. The summed E-state index contributed by atoms with van der Waals surface area (Å²) in [6, 6.07) is 20.3. The number of hydrogen-bond acceptors (Lipinski definition) is 2. The zero-order valence-electron chi connectivity index (χ0n) is 16.5. The first-order valence-corrected chi connectivity index (χ1v) is 8.62. The number of nitrogens with zero attached hydrogens (tertiary/aromatic N) is 2. The molecular formula is C22H34N2. The average molecular weight is 327 g/mol. The third-order valence-electron chi connectivity index (χ3n) is 3.00. The topological polar surface area (TPSA) is 15.6 Å². The Morgan fingerprint density at radius 2 is 1.29 bits per heavy atom. The molecule has 0 aliphatic heterocycles. The van der Waals surface area contributed by atoms with Gasteiger partial charge in [-0.2, -0.15) is 5.10 Å². The molecule has 0 atom stereocenters.